The van der Waals surface area contributed by atoms with Gasteiger partial charge in [-0.25, -0.2) is 8.78 Å². The number of carbonyl (C=O) groups excluding carboxylic acids is 2. The Labute approximate surface area is 167 Å². The second-order valence-corrected chi connectivity index (χ2v) is 7.21. The molecular weight excluding hydrogens is 374 g/mol. The third-order valence-electron chi connectivity index (χ3n) is 5.36. The Bertz CT molecular complexity index is 1070. The number of piperidine rings is 1. The van der Waals surface area contributed by atoms with Gasteiger partial charge in [0.15, 0.2) is 0 Å². The summed E-state index contributed by atoms with van der Waals surface area (Å²) in [6.45, 7) is 0.873. The zero-order valence-electron chi connectivity index (χ0n) is 15.7. The van der Waals surface area contributed by atoms with Crippen molar-refractivity contribution in [3.05, 3.63) is 77.9 Å². The van der Waals surface area contributed by atoms with Crippen molar-refractivity contribution in [1.82, 2.24) is 4.90 Å². The van der Waals surface area contributed by atoms with Crippen molar-refractivity contribution in [2.45, 2.75) is 12.8 Å². The van der Waals surface area contributed by atoms with Crippen LogP contribution >= 0.6 is 0 Å². The van der Waals surface area contributed by atoms with Crippen molar-refractivity contribution in [3.8, 4) is 0 Å². The van der Waals surface area contributed by atoms with Gasteiger partial charge in [0.05, 0.1) is 5.69 Å². The standard InChI is InChI=1S/C23H20F2N2O2/c24-17-8-9-20(25)21(14-17)26-22(28)16-10-12-27(13-11-16)23(29)19-7-3-5-15-4-1-2-6-18(15)19/h1-9,14,16H,10-13H2,(H,26,28). The van der Waals surface area contributed by atoms with E-state index in [9.17, 15) is 18.4 Å². The van der Waals surface area contributed by atoms with Crippen LogP contribution in [-0.2, 0) is 4.79 Å². The molecule has 1 saturated heterocycles. The second-order valence-electron chi connectivity index (χ2n) is 7.21. The van der Waals surface area contributed by atoms with Gasteiger partial charge in [-0.15, -0.1) is 0 Å². The summed E-state index contributed by atoms with van der Waals surface area (Å²) in [7, 11) is 0. The Morgan fingerprint density at radius 2 is 1.66 bits per heavy atom. The van der Waals surface area contributed by atoms with Crippen LogP contribution in [0.25, 0.3) is 10.8 Å². The topological polar surface area (TPSA) is 49.4 Å². The Balaban J connectivity index is 1.42. The first-order valence-electron chi connectivity index (χ1n) is 9.56. The molecule has 1 fully saturated rings. The van der Waals surface area contributed by atoms with E-state index in [2.05, 4.69) is 5.32 Å². The minimum absolute atomic E-state index is 0.0585. The highest BCUT2D eigenvalue weighted by Crippen LogP contribution is 2.25. The highest BCUT2D eigenvalue weighted by atomic mass is 19.1. The lowest BCUT2D eigenvalue weighted by atomic mass is 9.94. The number of nitrogens with zero attached hydrogens (tertiary/aromatic N) is 1. The number of carbonyl (C=O) groups is 2. The number of hydrogen-bond donors (Lipinski definition) is 1. The summed E-state index contributed by atoms with van der Waals surface area (Å²) in [5.74, 6) is -2.06. The van der Waals surface area contributed by atoms with Crippen molar-refractivity contribution in [1.29, 1.82) is 0 Å². The first kappa shape index (κ1) is 19.1. The van der Waals surface area contributed by atoms with Crippen molar-refractivity contribution < 1.29 is 18.4 Å². The number of rotatable bonds is 3. The number of fused-ring (bicyclic) bond motifs is 1. The van der Waals surface area contributed by atoms with Crippen molar-refractivity contribution in [2.24, 2.45) is 5.92 Å². The number of amides is 2. The summed E-state index contributed by atoms with van der Waals surface area (Å²) in [5.41, 5.74) is 0.483. The number of hydrogen-bond acceptors (Lipinski definition) is 2. The first-order valence-corrected chi connectivity index (χ1v) is 9.56. The minimum Gasteiger partial charge on any atom is -0.339 e. The fraction of sp³-hybridized carbons (Fsp3) is 0.217. The van der Waals surface area contributed by atoms with Gasteiger partial charge in [-0.3, -0.25) is 9.59 Å². The van der Waals surface area contributed by atoms with Gasteiger partial charge in [-0.05, 0) is 41.8 Å². The molecule has 0 bridgehead atoms. The fourth-order valence-corrected chi connectivity index (χ4v) is 3.76. The molecule has 4 rings (SSSR count). The number of benzene rings is 3. The Hall–Kier alpha value is -3.28. The number of halogens is 2. The summed E-state index contributed by atoms with van der Waals surface area (Å²) >= 11 is 0. The van der Waals surface area contributed by atoms with Crippen molar-refractivity contribution >= 4 is 28.3 Å². The molecule has 4 nitrogen and oxygen atoms in total. The zero-order chi connectivity index (χ0) is 20.4. The van der Waals surface area contributed by atoms with E-state index in [1.165, 1.54) is 0 Å². The third-order valence-corrected chi connectivity index (χ3v) is 5.36. The van der Waals surface area contributed by atoms with E-state index in [4.69, 9.17) is 0 Å². The lowest BCUT2D eigenvalue weighted by Crippen LogP contribution is -2.41. The summed E-state index contributed by atoms with van der Waals surface area (Å²) in [6.07, 6.45) is 0.943. The van der Waals surface area contributed by atoms with Crippen LogP contribution in [0.5, 0.6) is 0 Å². The zero-order valence-corrected chi connectivity index (χ0v) is 15.7. The SMILES string of the molecule is O=C(Nc1cc(F)ccc1F)C1CCN(C(=O)c2cccc3ccccc23)CC1. The van der Waals surface area contributed by atoms with E-state index in [0.717, 1.165) is 29.0 Å². The quantitative estimate of drug-likeness (QED) is 0.705. The molecule has 29 heavy (non-hydrogen) atoms. The lowest BCUT2D eigenvalue weighted by Gasteiger charge is -2.31. The molecule has 2 amide bonds. The van der Waals surface area contributed by atoms with Crippen LogP contribution in [0, 0.1) is 17.6 Å². The van der Waals surface area contributed by atoms with Crippen LogP contribution in [0.1, 0.15) is 23.2 Å². The predicted molar refractivity (Wildman–Crippen MR) is 108 cm³/mol. The van der Waals surface area contributed by atoms with Crippen LogP contribution < -0.4 is 5.32 Å². The Kier molecular flexibility index (Phi) is 5.25. The van der Waals surface area contributed by atoms with Crippen LogP contribution in [0.2, 0.25) is 0 Å². The summed E-state index contributed by atoms with van der Waals surface area (Å²) in [5, 5.41) is 4.37. The van der Waals surface area contributed by atoms with Crippen LogP contribution in [0.4, 0.5) is 14.5 Å². The molecule has 3 aromatic carbocycles. The number of nitrogens with one attached hydrogen (secondary N) is 1. The molecule has 0 aromatic heterocycles. The van der Waals surface area contributed by atoms with Crippen LogP contribution in [-0.4, -0.2) is 29.8 Å². The van der Waals surface area contributed by atoms with Gasteiger partial charge in [-0.1, -0.05) is 36.4 Å². The molecule has 3 aromatic rings. The molecule has 0 spiro atoms. The number of anilines is 1. The Morgan fingerprint density at radius 1 is 0.931 bits per heavy atom. The predicted octanol–water partition coefficient (Wildman–Crippen LogP) is 4.61. The molecule has 0 unspecified atom stereocenters. The normalized spacial score (nSPS) is 14.8. The molecule has 1 heterocycles. The molecule has 1 aliphatic rings. The van der Waals surface area contributed by atoms with Gasteiger partial charge >= 0.3 is 0 Å². The highest BCUT2D eigenvalue weighted by Gasteiger charge is 2.28. The van der Waals surface area contributed by atoms with E-state index in [-0.39, 0.29) is 23.4 Å². The van der Waals surface area contributed by atoms with Gasteiger partial charge in [0.25, 0.3) is 5.91 Å². The molecule has 1 N–H and O–H groups in total. The van der Waals surface area contributed by atoms with E-state index >= 15 is 0 Å². The molecule has 0 atom stereocenters. The molecule has 0 radical (unpaired) electrons. The maximum atomic E-state index is 13.7. The maximum absolute atomic E-state index is 13.7. The largest absolute Gasteiger partial charge is 0.339 e. The third kappa shape index (κ3) is 3.97. The minimum atomic E-state index is -0.677. The lowest BCUT2D eigenvalue weighted by molar-refractivity contribution is -0.121. The molecule has 0 aliphatic carbocycles. The summed E-state index contributed by atoms with van der Waals surface area (Å²) in [6, 6.07) is 16.3. The van der Waals surface area contributed by atoms with Crippen LogP contribution in [0.3, 0.4) is 0 Å². The van der Waals surface area contributed by atoms with Gasteiger partial charge in [0.1, 0.15) is 11.6 Å². The van der Waals surface area contributed by atoms with Crippen LogP contribution in [0.15, 0.2) is 60.7 Å². The molecular formula is C23H20F2N2O2. The fourth-order valence-electron chi connectivity index (χ4n) is 3.76. The van der Waals surface area contributed by atoms with E-state index in [0.29, 0.717) is 31.5 Å². The monoisotopic (exact) mass is 394 g/mol. The molecule has 6 heteroatoms. The van der Waals surface area contributed by atoms with Gasteiger partial charge < -0.3 is 10.2 Å². The van der Waals surface area contributed by atoms with Crippen molar-refractivity contribution in [2.75, 3.05) is 18.4 Å². The molecule has 1 aliphatic heterocycles. The van der Waals surface area contributed by atoms with E-state index in [1.807, 2.05) is 42.5 Å². The summed E-state index contributed by atoms with van der Waals surface area (Å²) in [4.78, 5) is 27.2. The summed E-state index contributed by atoms with van der Waals surface area (Å²) < 4.78 is 27.0. The van der Waals surface area contributed by atoms with Gasteiger partial charge in [0.2, 0.25) is 5.91 Å². The Morgan fingerprint density at radius 3 is 2.45 bits per heavy atom. The maximum Gasteiger partial charge on any atom is 0.254 e. The number of likely N-dealkylation sites (tertiary alicyclic amines) is 1. The highest BCUT2D eigenvalue weighted by molar-refractivity contribution is 6.07. The second kappa shape index (κ2) is 7.99. The first-order chi connectivity index (χ1) is 14.0. The molecule has 0 saturated carbocycles. The average Bonchev–Trinajstić information content (AvgIpc) is 2.75. The van der Waals surface area contributed by atoms with Crippen molar-refractivity contribution in [3.63, 3.8) is 0 Å². The van der Waals surface area contributed by atoms with Gasteiger partial charge in [-0.2, -0.15) is 0 Å². The average molecular weight is 394 g/mol. The molecule has 148 valence electrons. The van der Waals surface area contributed by atoms with Gasteiger partial charge in [0, 0.05) is 30.6 Å². The van der Waals surface area contributed by atoms with E-state index in [1.54, 1.807) is 4.90 Å². The smallest absolute Gasteiger partial charge is 0.254 e. The van der Waals surface area contributed by atoms with E-state index < -0.39 is 11.6 Å².